The summed E-state index contributed by atoms with van der Waals surface area (Å²) in [6.07, 6.45) is 2.03. The summed E-state index contributed by atoms with van der Waals surface area (Å²) in [7, 11) is 1.41. The number of aliphatic hydroxyl groups is 1. The fraction of sp³-hybridized carbons (Fsp3) is 0.485. The van der Waals surface area contributed by atoms with Gasteiger partial charge in [0.2, 0.25) is 6.79 Å². The van der Waals surface area contributed by atoms with E-state index < -0.39 is 48.7 Å². The predicted octanol–water partition coefficient (Wildman–Crippen LogP) is 4.69. The molecule has 1 aromatic heterocycles. The third kappa shape index (κ3) is 9.75. The minimum atomic E-state index is -1.28. The Morgan fingerprint density at radius 3 is 2.39 bits per heavy atom. The Bertz CT molecular complexity index is 1450. The van der Waals surface area contributed by atoms with E-state index in [-0.39, 0.29) is 34.0 Å². The maximum atomic E-state index is 13.5. The maximum Gasteiger partial charge on any atom is 0.408 e. The standard InChI is InChI=1S/C33H43N3O10/c1-8-18(3)26(36-32(42)46-33(4,5)6)30(40)44-17-45-31(41)27-21(12-13-24(35-27)28(37)34-16-19-10-11-19)22-15-25(43-7)20(9-2)14-23(22)29(38)39/h9,12-15,18-19,26,28,34,37H,2,8,10-11,16-17H2,1,3-7H3,(H,36,42)(H,38,39)/t18-,26-,28?/m0/s1. The van der Waals surface area contributed by atoms with Crippen LogP contribution in [0, 0.1) is 11.8 Å². The summed E-state index contributed by atoms with van der Waals surface area (Å²) in [6.45, 7) is 12.0. The topological polar surface area (TPSA) is 183 Å². The molecule has 46 heavy (non-hydrogen) atoms. The molecule has 4 N–H and O–H groups in total. The van der Waals surface area contributed by atoms with Crippen LogP contribution in [-0.4, -0.2) is 71.3 Å². The monoisotopic (exact) mass is 641 g/mol. The second kappa shape index (κ2) is 15.7. The lowest BCUT2D eigenvalue weighted by Gasteiger charge is -2.25. The van der Waals surface area contributed by atoms with Gasteiger partial charge in [0.1, 0.15) is 23.6 Å². The van der Waals surface area contributed by atoms with Crippen LogP contribution < -0.4 is 15.4 Å². The SMILES string of the molecule is C=Cc1cc(C(=O)O)c(-c2ccc(C(O)NCC3CC3)nc2C(=O)OCOC(=O)[C@@H](NC(=O)OC(C)(C)C)[C@@H](C)CC)cc1OC. The van der Waals surface area contributed by atoms with Gasteiger partial charge in [0, 0.05) is 23.2 Å². The van der Waals surface area contributed by atoms with Crippen molar-refractivity contribution in [2.24, 2.45) is 11.8 Å². The molecule has 13 nitrogen and oxygen atoms in total. The highest BCUT2D eigenvalue weighted by molar-refractivity contribution is 6.02. The number of hydrogen-bond donors (Lipinski definition) is 4. The molecule has 0 spiro atoms. The Kier molecular flexibility index (Phi) is 12.3. The van der Waals surface area contributed by atoms with Crippen molar-refractivity contribution in [1.82, 2.24) is 15.6 Å². The molecule has 1 fully saturated rings. The van der Waals surface area contributed by atoms with Crippen LogP contribution in [0.15, 0.2) is 30.8 Å². The second-order valence-electron chi connectivity index (χ2n) is 12.1. The number of nitrogens with one attached hydrogen (secondary N) is 2. The number of pyridine rings is 1. The summed E-state index contributed by atoms with van der Waals surface area (Å²) >= 11 is 0. The molecule has 3 rings (SSSR count). The summed E-state index contributed by atoms with van der Waals surface area (Å²) < 4.78 is 21.1. The summed E-state index contributed by atoms with van der Waals surface area (Å²) in [6, 6.07) is 4.63. The number of carboxylic acid groups (broad SMARTS) is 1. The summed E-state index contributed by atoms with van der Waals surface area (Å²) in [5, 5.41) is 26.2. The lowest BCUT2D eigenvalue weighted by Crippen LogP contribution is -2.47. The van der Waals surface area contributed by atoms with Gasteiger partial charge in [-0.25, -0.2) is 24.2 Å². The lowest BCUT2D eigenvalue weighted by molar-refractivity contribution is -0.156. The van der Waals surface area contributed by atoms with E-state index in [0.717, 1.165) is 12.8 Å². The molecule has 0 saturated heterocycles. The van der Waals surface area contributed by atoms with Crippen LogP contribution >= 0.6 is 0 Å². The largest absolute Gasteiger partial charge is 0.496 e. The number of carbonyl (C=O) groups is 4. The summed E-state index contributed by atoms with van der Waals surface area (Å²) in [5.74, 6) is -2.78. The zero-order valence-electron chi connectivity index (χ0n) is 27.0. The molecule has 1 aliphatic carbocycles. The first-order valence-corrected chi connectivity index (χ1v) is 15.0. The molecule has 3 atom stereocenters. The molecule has 250 valence electrons. The number of aliphatic hydroxyl groups excluding tert-OH is 1. The van der Waals surface area contributed by atoms with Crippen molar-refractivity contribution in [3.8, 4) is 16.9 Å². The van der Waals surface area contributed by atoms with Crippen molar-refractivity contribution in [1.29, 1.82) is 0 Å². The van der Waals surface area contributed by atoms with E-state index >= 15 is 0 Å². The smallest absolute Gasteiger partial charge is 0.408 e. The Morgan fingerprint density at radius 1 is 1.13 bits per heavy atom. The van der Waals surface area contributed by atoms with Crippen LogP contribution in [0.3, 0.4) is 0 Å². The van der Waals surface area contributed by atoms with E-state index in [1.54, 1.807) is 27.7 Å². The van der Waals surface area contributed by atoms with E-state index in [1.165, 1.54) is 37.5 Å². The number of alkyl carbamates (subject to hydrolysis) is 1. The number of carbonyl (C=O) groups excluding carboxylic acids is 3. The number of benzene rings is 1. The fourth-order valence-corrected chi connectivity index (χ4v) is 4.44. The Morgan fingerprint density at radius 2 is 1.83 bits per heavy atom. The molecule has 2 aromatic rings. The molecule has 1 aromatic carbocycles. The Balaban J connectivity index is 1.90. The van der Waals surface area contributed by atoms with Crippen molar-refractivity contribution < 1.29 is 48.3 Å². The number of carboxylic acids is 1. The third-order valence-corrected chi connectivity index (χ3v) is 7.33. The molecule has 0 aliphatic heterocycles. The van der Waals surface area contributed by atoms with Gasteiger partial charge in [-0.2, -0.15) is 0 Å². The summed E-state index contributed by atoms with van der Waals surface area (Å²) in [5.41, 5.74) is -0.607. The van der Waals surface area contributed by atoms with Crippen molar-refractivity contribution in [3.05, 3.63) is 53.4 Å². The number of aromatic carboxylic acids is 1. The normalized spacial score (nSPS) is 14.8. The number of nitrogens with zero attached hydrogens (tertiary/aromatic N) is 1. The number of hydrogen-bond acceptors (Lipinski definition) is 11. The second-order valence-corrected chi connectivity index (χ2v) is 12.1. The van der Waals surface area contributed by atoms with E-state index in [2.05, 4.69) is 22.2 Å². The first-order valence-electron chi connectivity index (χ1n) is 15.0. The van der Waals surface area contributed by atoms with Gasteiger partial charge in [0.15, 0.2) is 5.69 Å². The third-order valence-electron chi connectivity index (χ3n) is 7.33. The highest BCUT2D eigenvalue weighted by Gasteiger charge is 2.31. The molecule has 1 saturated carbocycles. The van der Waals surface area contributed by atoms with Gasteiger partial charge < -0.3 is 34.5 Å². The minimum absolute atomic E-state index is 0.0739. The number of ether oxygens (including phenoxy) is 4. The number of amides is 1. The van der Waals surface area contributed by atoms with Gasteiger partial charge in [-0.3, -0.25) is 5.32 Å². The lowest BCUT2D eigenvalue weighted by atomic mass is 9.95. The first-order chi connectivity index (χ1) is 21.7. The molecular weight excluding hydrogens is 598 g/mol. The molecule has 13 heteroatoms. The number of rotatable bonds is 15. The van der Waals surface area contributed by atoms with Gasteiger partial charge in [0.05, 0.1) is 18.4 Å². The van der Waals surface area contributed by atoms with Gasteiger partial charge in [0.25, 0.3) is 0 Å². The average molecular weight is 642 g/mol. The first kappa shape index (κ1) is 36.0. The van der Waals surface area contributed by atoms with Crippen molar-refractivity contribution in [2.45, 2.75) is 71.8 Å². The molecule has 1 aliphatic rings. The Hall–Kier alpha value is -4.49. The fourth-order valence-electron chi connectivity index (χ4n) is 4.44. The quantitative estimate of drug-likeness (QED) is 0.156. The zero-order chi connectivity index (χ0) is 34.2. The highest BCUT2D eigenvalue weighted by Crippen LogP contribution is 2.35. The molecule has 1 heterocycles. The van der Waals surface area contributed by atoms with Crippen molar-refractivity contribution in [3.63, 3.8) is 0 Å². The van der Waals surface area contributed by atoms with Crippen LogP contribution in [0.5, 0.6) is 5.75 Å². The van der Waals surface area contributed by atoms with Crippen LogP contribution in [0.25, 0.3) is 17.2 Å². The van der Waals surface area contributed by atoms with Gasteiger partial charge in [-0.1, -0.05) is 32.9 Å². The van der Waals surface area contributed by atoms with E-state index in [1.807, 2.05) is 6.92 Å². The van der Waals surface area contributed by atoms with Crippen LogP contribution in [-0.2, 0) is 19.0 Å². The van der Waals surface area contributed by atoms with Gasteiger partial charge in [-0.15, -0.1) is 0 Å². The van der Waals surface area contributed by atoms with Gasteiger partial charge >= 0.3 is 24.0 Å². The average Bonchev–Trinajstić information content (AvgIpc) is 3.84. The molecule has 1 amide bonds. The number of esters is 2. The van der Waals surface area contributed by atoms with E-state index in [9.17, 15) is 29.4 Å². The summed E-state index contributed by atoms with van der Waals surface area (Å²) in [4.78, 5) is 55.4. The van der Waals surface area contributed by atoms with Crippen LogP contribution in [0.4, 0.5) is 4.79 Å². The molecule has 0 bridgehead atoms. The predicted molar refractivity (Wildman–Crippen MR) is 168 cm³/mol. The minimum Gasteiger partial charge on any atom is -0.496 e. The molecule has 0 radical (unpaired) electrons. The van der Waals surface area contributed by atoms with Crippen molar-refractivity contribution in [2.75, 3.05) is 20.4 Å². The maximum absolute atomic E-state index is 13.5. The number of aromatic nitrogens is 1. The number of methoxy groups -OCH3 is 1. The molecular formula is C33H43N3O10. The molecule has 1 unspecified atom stereocenters. The van der Waals surface area contributed by atoms with Crippen molar-refractivity contribution >= 4 is 30.1 Å². The van der Waals surface area contributed by atoms with E-state index in [4.69, 9.17) is 18.9 Å². The Labute approximate surface area is 268 Å². The highest BCUT2D eigenvalue weighted by atomic mass is 16.7. The van der Waals surface area contributed by atoms with E-state index in [0.29, 0.717) is 30.2 Å². The van der Waals surface area contributed by atoms with Crippen LogP contribution in [0.2, 0.25) is 0 Å². The zero-order valence-corrected chi connectivity index (χ0v) is 27.0. The van der Waals surface area contributed by atoms with Gasteiger partial charge in [-0.05, 0) is 69.7 Å². The van der Waals surface area contributed by atoms with Crippen LogP contribution in [0.1, 0.15) is 92.2 Å².